The molecule has 0 unspecified atom stereocenters. The molecule has 5 aromatic rings. The maximum atomic E-state index is 13.1. The number of hydrogen-bond acceptors (Lipinski definition) is 3. The molecule has 34 heavy (non-hydrogen) atoms. The molecule has 166 valence electrons. The van der Waals surface area contributed by atoms with Crippen molar-refractivity contribution in [2.24, 2.45) is 4.99 Å². The van der Waals surface area contributed by atoms with Gasteiger partial charge in [0.15, 0.2) is 5.88 Å². The maximum absolute atomic E-state index is 13.1. The molecular weight excluding hydrogens is 439 g/mol. The molecule has 7 heteroatoms. The molecule has 1 aliphatic heterocycles. The third-order valence-corrected chi connectivity index (χ3v) is 5.94. The van der Waals surface area contributed by atoms with Gasteiger partial charge >= 0.3 is 6.18 Å². The van der Waals surface area contributed by atoms with Gasteiger partial charge in [-0.3, -0.25) is 0 Å². The predicted molar refractivity (Wildman–Crippen MR) is 124 cm³/mol. The van der Waals surface area contributed by atoms with Crippen molar-refractivity contribution in [2.75, 3.05) is 0 Å². The topological polar surface area (TPSA) is 61.3 Å². The van der Waals surface area contributed by atoms with Crippen molar-refractivity contribution in [3.63, 3.8) is 0 Å². The van der Waals surface area contributed by atoms with E-state index in [0.29, 0.717) is 27.5 Å². The number of H-pyrrole nitrogens is 1. The lowest BCUT2D eigenvalue weighted by atomic mass is 10.0. The summed E-state index contributed by atoms with van der Waals surface area (Å²) in [7, 11) is 0. The lowest BCUT2D eigenvalue weighted by molar-refractivity contribution is -0.137. The Labute approximate surface area is 191 Å². The molecule has 4 nitrogen and oxygen atoms in total. The number of hydrogen-bond donors (Lipinski definition) is 2. The van der Waals surface area contributed by atoms with E-state index >= 15 is 0 Å². The summed E-state index contributed by atoms with van der Waals surface area (Å²) in [5, 5.41) is 12.5. The number of aromatic nitrogens is 2. The minimum atomic E-state index is -4.42. The monoisotopic (exact) mass is 455 g/mol. The van der Waals surface area contributed by atoms with Crippen LogP contribution in [0.5, 0.6) is 5.88 Å². The summed E-state index contributed by atoms with van der Waals surface area (Å²) in [6.07, 6.45) is -2.65. The van der Waals surface area contributed by atoms with Gasteiger partial charge in [0, 0.05) is 33.2 Å². The summed E-state index contributed by atoms with van der Waals surface area (Å²) < 4.78 is 39.3. The maximum Gasteiger partial charge on any atom is 0.416 e. The van der Waals surface area contributed by atoms with E-state index in [1.54, 1.807) is 6.08 Å². The lowest BCUT2D eigenvalue weighted by Crippen LogP contribution is -2.19. The summed E-state index contributed by atoms with van der Waals surface area (Å²) in [5.41, 5.74) is 4.20. The molecule has 0 radical (unpaired) electrons. The van der Waals surface area contributed by atoms with Gasteiger partial charge in [0.25, 0.3) is 0 Å². The first kappa shape index (κ1) is 20.2. The Balaban J connectivity index is 1.61. The van der Waals surface area contributed by atoms with E-state index in [4.69, 9.17) is 9.98 Å². The number of aromatic hydroxyl groups is 1. The highest BCUT2D eigenvalue weighted by atomic mass is 19.4. The van der Waals surface area contributed by atoms with E-state index in [1.807, 2.05) is 54.6 Å². The van der Waals surface area contributed by atoms with Crippen LogP contribution in [-0.2, 0) is 6.18 Å². The first-order chi connectivity index (χ1) is 16.4. The number of nitrogens with zero attached hydrogens (tertiary/aromatic N) is 2. The van der Waals surface area contributed by atoms with E-state index < -0.39 is 11.7 Å². The molecule has 6 rings (SSSR count). The molecule has 2 N–H and O–H groups in total. The van der Waals surface area contributed by atoms with Crippen molar-refractivity contribution in [2.45, 2.75) is 6.18 Å². The highest BCUT2D eigenvalue weighted by Gasteiger charge is 2.30. The molecular formula is C27H16F3N3O. The molecule has 0 fully saturated rings. The van der Waals surface area contributed by atoms with Gasteiger partial charge in [-0.15, -0.1) is 0 Å². The number of aromatic amines is 1. The van der Waals surface area contributed by atoms with Gasteiger partial charge in [-0.1, -0.05) is 48.5 Å². The largest absolute Gasteiger partial charge is 0.494 e. The fourth-order valence-corrected chi connectivity index (χ4v) is 4.33. The van der Waals surface area contributed by atoms with Crippen molar-refractivity contribution in [1.82, 2.24) is 9.97 Å². The molecule has 0 aliphatic carbocycles. The predicted octanol–water partition coefficient (Wildman–Crippen LogP) is 5.71. The summed E-state index contributed by atoms with van der Waals surface area (Å²) in [4.78, 5) is 12.4. The van der Waals surface area contributed by atoms with Gasteiger partial charge in [0.2, 0.25) is 0 Å². The van der Waals surface area contributed by atoms with Gasteiger partial charge < -0.3 is 10.1 Å². The Morgan fingerprint density at radius 2 is 1.59 bits per heavy atom. The fourth-order valence-electron chi connectivity index (χ4n) is 4.33. The molecule has 0 bridgehead atoms. The van der Waals surface area contributed by atoms with Gasteiger partial charge in [0.1, 0.15) is 0 Å². The average molecular weight is 455 g/mol. The van der Waals surface area contributed by atoms with Crippen molar-refractivity contribution >= 4 is 22.7 Å². The third-order valence-electron chi connectivity index (χ3n) is 5.94. The van der Waals surface area contributed by atoms with Crippen molar-refractivity contribution in [3.8, 4) is 28.3 Å². The van der Waals surface area contributed by atoms with E-state index in [1.165, 1.54) is 12.1 Å². The number of rotatable bonds is 2. The minimum absolute atomic E-state index is 0.0182. The summed E-state index contributed by atoms with van der Waals surface area (Å²) in [6, 6.07) is 22.0. The Hall–Kier alpha value is -4.39. The SMILES string of the molecule is Oc1[nH]c2ccccc2c1/C=c1/cc2c(c(-c3ccc(C(F)(F)F)cc3)n1)=Nc1ccccc1-2. The van der Waals surface area contributed by atoms with Crippen LogP contribution in [0.25, 0.3) is 39.4 Å². The molecule has 3 heterocycles. The fraction of sp³-hybridized carbons (Fsp3) is 0.0370. The molecule has 0 atom stereocenters. The molecule has 0 amide bonds. The highest BCUT2D eigenvalue weighted by Crippen LogP contribution is 2.34. The minimum Gasteiger partial charge on any atom is -0.494 e. The Bertz CT molecular complexity index is 1700. The second-order valence-electron chi connectivity index (χ2n) is 8.07. The van der Waals surface area contributed by atoms with Crippen LogP contribution in [0.2, 0.25) is 0 Å². The van der Waals surface area contributed by atoms with Crippen LogP contribution in [0.15, 0.2) is 83.9 Å². The lowest BCUT2D eigenvalue weighted by Gasteiger charge is -2.08. The number of fused-ring (bicyclic) bond motifs is 4. The van der Waals surface area contributed by atoms with Gasteiger partial charge in [-0.25, -0.2) is 9.98 Å². The van der Waals surface area contributed by atoms with Crippen LogP contribution < -0.4 is 10.7 Å². The van der Waals surface area contributed by atoms with Crippen LogP contribution in [0, 0.1) is 0 Å². The van der Waals surface area contributed by atoms with Crippen LogP contribution in [-0.4, -0.2) is 15.1 Å². The summed E-state index contributed by atoms with van der Waals surface area (Å²) in [6.45, 7) is 0. The molecule has 1 aliphatic rings. The van der Waals surface area contributed by atoms with Gasteiger partial charge in [-0.05, 0) is 36.4 Å². The molecule has 0 saturated heterocycles. The summed E-state index contributed by atoms with van der Waals surface area (Å²) >= 11 is 0. The first-order valence-corrected chi connectivity index (χ1v) is 10.6. The Morgan fingerprint density at radius 1 is 0.853 bits per heavy atom. The van der Waals surface area contributed by atoms with E-state index in [9.17, 15) is 18.3 Å². The van der Waals surface area contributed by atoms with Crippen LogP contribution in [0.4, 0.5) is 18.9 Å². The van der Waals surface area contributed by atoms with Crippen LogP contribution in [0.3, 0.4) is 0 Å². The molecule has 2 aromatic heterocycles. The first-order valence-electron chi connectivity index (χ1n) is 10.6. The van der Waals surface area contributed by atoms with Crippen LogP contribution >= 0.6 is 0 Å². The number of alkyl halides is 3. The van der Waals surface area contributed by atoms with Crippen molar-refractivity contribution < 1.29 is 18.3 Å². The Morgan fingerprint density at radius 3 is 2.38 bits per heavy atom. The smallest absolute Gasteiger partial charge is 0.416 e. The zero-order chi connectivity index (χ0) is 23.4. The molecule has 3 aromatic carbocycles. The number of nitrogens with one attached hydrogen (secondary N) is 1. The highest BCUT2D eigenvalue weighted by molar-refractivity contribution is 5.92. The third kappa shape index (κ3) is 3.25. The second kappa shape index (κ2) is 7.31. The number of benzene rings is 3. The molecule has 0 spiro atoms. The van der Waals surface area contributed by atoms with Crippen LogP contribution in [0.1, 0.15) is 11.1 Å². The Kier molecular flexibility index (Phi) is 4.35. The molecule has 0 saturated carbocycles. The standard InChI is InChI=1S/C27H16F3N3O/c28-27(29,30)16-11-9-15(10-12-16)24-25-20(18-5-1-3-7-22(18)32-25)13-17(31-24)14-21-19-6-2-4-8-23(19)33-26(21)34/h1-14,33-34H/b17-14-. The van der Waals surface area contributed by atoms with Gasteiger partial charge in [-0.2, -0.15) is 13.2 Å². The van der Waals surface area contributed by atoms with E-state index in [2.05, 4.69) is 4.98 Å². The summed E-state index contributed by atoms with van der Waals surface area (Å²) in [5.74, 6) is 0.0182. The second-order valence-corrected chi connectivity index (χ2v) is 8.07. The normalized spacial score (nSPS) is 13.1. The van der Waals surface area contributed by atoms with E-state index in [-0.39, 0.29) is 5.88 Å². The van der Waals surface area contributed by atoms with Gasteiger partial charge in [0.05, 0.1) is 27.7 Å². The van der Waals surface area contributed by atoms with Crippen molar-refractivity contribution in [1.29, 1.82) is 0 Å². The van der Waals surface area contributed by atoms with Crippen molar-refractivity contribution in [3.05, 3.63) is 101 Å². The number of halogens is 3. The average Bonchev–Trinajstić information content (AvgIpc) is 3.35. The zero-order valence-electron chi connectivity index (χ0n) is 17.6. The quantitative estimate of drug-likeness (QED) is 0.351. The number of pyridine rings is 1. The van der Waals surface area contributed by atoms with E-state index in [0.717, 1.165) is 39.8 Å². The number of para-hydroxylation sites is 2. The zero-order valence-corrected chi connectivity index (χ0v) is 17.6.